The van der Waals surface area contributed by atoms with Crippen molar-refractivity contribution in [2.75, 3.05) is 7.11 Å². The molecule has 0 aliphatic heterocycles. The van der Waals surface area contributed by atoms with Crippen molar-refractivity contribution in [1.82, 2.24) is 20.1 Å². The summed E-state index contributed by atoms with van der Waals surface area (Å²) < 4.78 is 12.3. The highest BCUT2D eigenvalue weighted by atomic mass is 16.6. The van der Waals surface area contributed by atoms with Crippen molar-refractivity contribution in [3.63, 3.8) is 0 Å². The van der Waals surface area contributed by atoms with Gasteiger partial charge in [0.15, 0.2) is 5.69 Å². The van der Waals surface area contributed by atoms with Crippen molar-refractivity contribution in [3.8, 4) is 28.5 Å². The average molecular weight is 538 g/mol. The first-order valence-electron chi connectivity index (χ1n) is 12.8. The van der Waals surface area contributed by atoms with Gasteiger partial charge in [-0.25, -0.2) is 9.59 Å². The monoisotopic (exact) mass is 537 g/mol. The van der Waals surface area contributed by atoms with Crippen LogP contribution in [0, 0.1) is 11.3 Å². The van der Waals surface area contributed by atoms with Crippen molar-refractivity contribution in [1.29, 1.82) is 5.26 Å². The van der Waals surface area contributed by atoms with Crippen molar-refractivity contribution >= 4 is 12.1 Å². The van der Waals surface area contributed by atoms with Crippen LogP contribution < -0.4 is 5.32 Å². The van der Waals surface area contributed by atoms with Crippen LogP contribution >= 0.6 is 0 Å². The van der Waals surface area contributed by atoms with E-state index in [1.165, 1.54) is 7.11 Å². The number of ether oxygens (including phenoxy) is 2. The topological polar surface area (TPSA) is 119 Å². The van der Waals surface area contributed by atoms with Crippen molar-refractivity contribution in [3.05, 3.63) is 95.9 Å². The van der Waals surface area contributed by atoms with Gasteiger partial charge in [-0.15, -0.1) is 0 Å². The second-order valence-electron chi connectivity index (χ2n) is 10.2. The van der Waals surface area contributed by atoms with Crippen LogP contribution in [-0.4, -0.2) is 45.6 Å². The molecule has 0 aliphatic carbocycles. The van der Waals surface area contributed by atoms with E-state index in [4.69, 9.17) is 14.6 Å². The van der Waals surface area contributed by atoms with E-state index in [0.717, 1.165) is 5.56 Å². The fraction of sp³-hybridized carbons (Fsp3) is 0.258. The summed E-state index contributed by atoms with van der Waals surface area (Å²) in [7, 11) is 1.31. The highest BCUT2D eigenvalue weighted by molar-refractivity contribution is 6.00. The molecular weight excluding hydrogens is 506 g/mol. The molecule has 0 aliphatic rings. The Morgan fingerprint density at radius 3 is 2.40 bits per heavy atom. The molecule has 4 rings (SSSR count). The summed E-state index contributed by atoms with van der Waals surface area (Å²) in [4.78, 5) is 30.2. The first-order valence-corrected chi connectivity index (χ1v) is 12.8. The maximum Gasteiger partial charge on any atom is 0.407 e. The number of hydrogen-bond donors (Lipinski definition) is 1. The van der Waals surface area contributed by atoms with Gasteiger partial charge in [-0.05, 0) is 62.6 Å². The number of methoxy groups -OCH3 is 1. The normalized spacial score (nSPS) is 11.8. The molecule has 0 unspecified atom stereocenters. The Labute approximate surface area is 233 Å². The molecule has 204 valence electrons. The number of hydrogen-bond acceptors (Lipinski definition) is 7. The molecule has 0 spiro atoms. The van der Waals surface area contributed by atoms with Crippen molar-refractivity contribution < 1.29 is 19.1 Å². The van der Waals surface area contributed by atoms with Crippen LogP contribution in [0.15, 0.2) is 79.1 Å². The van der Waals surface area contributed by atoms with E-state index in [1.54, 1.807) is 68.2 Å². The fourth-order valence-electron chi connectivity index (χ4n) is 4.37. The van der Waals surface area contributed by atoms with E-state index in [2.05, 4.69) is 16.4 Å². The molecular formula is C31H31N5O4. The zero-order valence-electron chi connectivity index (χ0n) is 22.9. The van der Waals surface area contributed by atoms with Gasteiger partial charge in [0.1, 0.15) is 11.3 Å². The molecule has 1 amide bonds. The summed E-state index contributed by atoms with van der Waals surface area (Å²) in [6, 6.07) is 22.0. The second-order valence-corrected chi connectivity index (χ2v) is 10.2. The van der Waals surface area contributed by atoms with Crippen LogP contribution in [0.25, 0.3) is 22.4 Å². The number of rotatable bonds is 8. The van der Waals surface area contributed by atoms with Gasteiger partial charge in [0.05, 0.1) is 31.3 Å². The minimum absolute atomic E-state index is 0.147. The minimum Gasteiger partial charge on any atom is -0.464 e. The molecule has 0 saturated heterocycles. The fourth-order valence-corrected chi connectivity index (χ4v) is 4.37. The summed E-state index contributed by atoms with van der Waals surface area (Å²) >= 11 is 0. The van der Waals surface area contributed by atoms with E-state index < -0.39 is 23.7 Å². The summed E-state index contributed by atoms with van der Waals surface area (Å²) in [6.07, 6.45) is 3.15. The lowest BCUT2D eigenvalue weighted by Crippen LogP contribution is -2.43. The van der Waals surface area contributed by atoms with Crippen LogP contribution in [0.1, 0.15) is 42.4 Å². The van der Waals surface area contributed by atoms with Gasteiger partial charge >= 0.3 is 12.1 Å². The zero-order chi connectivity index (χ0) is 28.7. The van der Waals surface area contributed by atoms with Gasteiger partial charge in [0.25, 0.3) is 0 Å². The molecule has 9 heteroatoms. The summed E-state index contributed by atoms with van der Waals surface area (Å²) in [5.41, 5.74) is 3.40. The summed E-state index contributed by atoms with van der Waals surface area (Å²) in [5, 5.41) is 17.3. The van der Waals surface area contributed by atoms with Gasteiger partial charge in [-0.2, -0.15) is 10.4 Å². The van der Waals surface area contributed by atoms with E-state index in [0.29, 0.717) is 34.4 Å². The number of alkyl carbamates (subject to hydrolysis) is 1. The van der Waals surface area contributed by atoms with Gasteiger partial charge < -0.3 is 14.8 Å². The molecule has 2 aromatic carbocycles. The Bertz CT molecular complexity index is 1520. The smallest absolute Gasteiger partial charge is 0.407 e. The number of nitriles is 1. The van der Waals surface area contributed by atoms with Crippen molar-refractivity contribution in [2.24, 2.45) is 0 Å². The highest BCUT2D eigenvalue weighted by Gasteiger charge is 2.29. The Hall–Kier alpha value is -4.97. The third kappa shape index (κ3) is 6.91. The molecule has 40 heavy (non-hydrogen) atoms. The number of pyridine rings is 1. The molecule has 0 radical (unpaired) electrons. The SMILES string of the molecule is COC(=O)c1c(-c2ccncc2)c(-c2cccc(C#N)c2)nn1C[C@@H](Cc1ccccc1)NC(=O)OC(C)(C)C. The van der Waals surface area contributed by atoms with Crippen LogP contribution in [0.4, 0.5) is 4.79 Å². The van der Waals surface area contributed by atoms with Crippen LogP contribution in [0.2, 0.25) is 0 Å². The second kappa shape index (κ2) is 12.3. The number of nitrogens with zero attached hydrogens (tertiary/aromatic N) is 4. The molecule has 2 aromatic heterocycles. The summed E-state index contributed by atoms with van der Waals surface area (Å²) in [6.45, 7) is 5.54. The minimum atomic E-state index is -0.683. The Kier molecular flexibility index (Phi) is 8.60. The summed E-state index contributed by atoms with van der Waals surface area (Å²) in [5.74, 6) is -0.585. The number of amides is 1. The molecule has 2 heterocycles. The first-order chi connectivity index (χ1) is 19.2. The number of aromatic nitrogens is 3. The van der Waals surface area contributed by atoms with Gasteiger partial charge in [0.2, 0.25) is 0 Å². The van der Waals surface area contributed by atoms with Crippen molar-refractivity contribution in [2.45, 2.75) is 45.4 Å². The Balaban J connectivity index is 1.85. The van der Waals surface area contributed by atoms with E-state index in [-0.39, 0.29) is 12.2 Å². The predicted molar refractivity (Wildman–Crippen MR) is 150 cm³/mol. The predicted octanol–water partition coefficient (Wildman–Crippen LogP) is 5.41. The molecule has 4 aromatic rings. The molecule has 9 nitrogen and oxygen atoms in total. The lowest BCUT2D eigenvalue weighted by molar-refractivity contribution is 0.0498. The number of benzene rings is 2. The Morgan fingerprint density at radius 1 is 1.02 bits per heavy atom. The van der Waals surface area contributed by atoms with Gasteiger partial charge in [0, 0.05) is 23.5 Å². The molecule has 0 saturated carbocycles. The number of carbonyl (C=O) groups excluding carboxylic acids is 2. The highest BCUT2D eigenvalue weighted by Crippen LogP contribution is 2.35. The quantitative estimate of drug-likeness (QED) is 0.299. The molecule has 1 atom stereocenters. The number of nitrogens with one attached hydrogen (secondary N) is 1. The third-order valence-electron chi connectivity index (χ3n) is 6.00. The number of esters is 1. The largest absolute Gasteiger partial charge is 0.464 e. The van der Waals surface area contributed by atoms with Crippen LogP contribution in [0.3, 0.4) is 0 Å². The first kappa shape index (κ1) is 28.0. The van der Waals surface area contributed by atoms with Gasteiger partial charge in [-0.1, -0.05) is 42.5 Å². The standard InChI is InChI=1S/C31H31N5O4/c1-31(2,3)40-30(38)34-25(18-21-9-6-5-7-10-21)20-36-28(29(37)39-4)26(23-13-15-33-16-14-23)27(35-36)24-12-8-11-22(17-24)19-32/h5-17,25H,18,20H2,1-4H3,(H,34,38)/t25-/m1/s1. The molecule has 0 bridgehead atoms. The van der Waals surface area contributed by atoms with E-state index in [1.807, 2.05) is 36.4 Å². The van der Waals surface area contributed by atoms with Crippen LogP contribution in [-0.2, 0) is 22.4 Å². The van der Waals surface area contributed by atoms with E-state index in [9.17, 15) is 14.9 Å². The molecule has 1 N–H and O–H groups in total. The lowest BCUT2D eigenvalue weighted by atomic mass is 9.98. The maximum atomic E-state index is 13.3. The zero-order valence-corrected chi connectivity index (χ0v) is 22.9. The molecule has 0 fully saturated rings. The van der Waals surface area contributed by atoms with Gasteiger partial charge in [-0.3, -0.25) is 9.67 Å². The Morgan fingerprint density at radius 2 is 1.75 bits per heavy atom. The maximum absolute atomic E-state index is 13.3. The van der Waals surface area contributed by atoms with Crippen LogP contribution in [0.5, 0.6) is 0 Å². The lowest BCUT2D eigenvalue weighted by Gasteiger charge is -2.24. The average Bonchev–Trinajstić information content (AvgIpc) is 3.31. The number of carbonyl (C=O) groups is 2. The van der Waals surface area contributed by atoms with E-state index >= 15 is 0 Å². The third-order valence-corrected chi connectivity index (χ3v) is 6.00.